The first-order valence-corrected chi connectivity index (χ1v) is 10.8. The number of methoxy groups -OCH3 is 1. The molecule has 200 valence electrons. The van der Waals surface area contributed by atoms with Gasteiger partial charge >= 0.3 is 5.97 Å². The molecule has 0 spiro atoms. The van der Waals surface area contributed by atoms with Crippen molar-refractivity contribution in [3.05, 3.63) is 40.7 Å². The lowest BCUT2D eigenvalue weighted by Gasteiger charge is -2.20. The Bertz CT molecular complexity index is 1030. The van der Waals surface area contributed by atoms with E-state index in [2.05, 4.69) is 14.7 Å². The summed E-state index contributed by atoms with van der Waals surface area (Å²) < 4.78 is 10.2. The normalized spacial score (nSPS) is 10.9. The number of ether oxygens (including phenoxy) is 2. The van der Waals surface area contributed by atoms with Crippen LogP contribution in [0.4, 0.5) is 11.6 Å². The number of nitrogen functional groups attached to an aromatic ring is 2. The predicted octanol–water partition coefficient (Wildman–Crippen LogP) is 1.77. The van der Waals surface area contributed by atoms with Crippen LogP contribution < -0.4 is 27.7 Å². The average molecular weight is 566 g/mol. The molecule has 0 aliphatic rings. The third-order valence-electron chi connectivity index (χ3n) is 4.87. The molecule has 0 bridgehead atoms. The van der Waals surface area contributed by atoms with Crippen LogP contribution in [0, 0.1) is 5.41 Å². The van der Waals surface area contributed by atoms with Gasteiger partial charge in [0.1, 0.15) is 11.8 Å². The topological polar surface area (TPSA) is 210 Å². The van der Waals surface area contributed by atoms with Crippen molar-refractivity contribution in [2.24, 2.45) is 11.5 Å². The van der Waals surface area contributed by atoms with Gasteiger partial charge in [0.25, 0.3) is 5.91 Å². The molecule has 1 heterocycles. The van der Waals surface area contributed by atoms with Crippen LogP contribution in [0.3, 0.4) is 0 Å². The fourth-order valence-corrected chi connectivity index (χ4v) is 3.11. The summed E-state index contributed by atoms with van der Waals surface area (Å²) in [5.74, 6) is -1.20. The summed E-state index contributed by atoms with van der Waals surface area (Å²) in [7, 11) is 1.29. The maximum Gasteiger partial charge on any atom is 0.322 e. The Morgan fingerprint density at radius 2 is 1.75 bits per heavy atom. The minimum Gasteiger partial charge on any atom is -0.494 e. The fourth-order valence-electron chi connectivity index (χ4n) is 2.98. The summed E-state index contributed by atoms with van der Waals surface area (Å²) in [5.41, 5.74) is 23.4. The molecule has 9 N–H and O–H groups in total. The van der Waals surface area contributed by atoms with Gasteiger partial charge in [-0.1, -0.05) is 23.7 Å². The standard InChI is InChI=1S/C21H29ClN8O4.2ClH/c1-33-20(32)14(23)9-11-34-13-7-5-12(6-8-13)4-2-3-10-30(21(26)27)19(31)15-17(24)29-18(25)16(22)28-15;;/h5-8,14H,2-4,9-11,23H2,1H3,(H3,26,27)(H4,24,25,29);2*1H. The number of halogens is 3. The maximum atomic E-state index is 12.7. The average Bonchev–Trinajstić information content (AvgIpc) is 2.81. The molecular weight excluding hydrogens is 535 g/mol. The number of amides is 1. The van der Waals surface area contributed by atoms with Crippen molar-refractivity contribution in [3.63, 3.8) is 0 Å². The minimum absolute atomic E-state index is 0. The summed E-state index contributed by atoms with van der Waals surface area (Å²) in [6.45, 7) is 0.484. The zero-order valence-electron chi connectivity index (χ0n) is 19.6. The van der Waals surface area contributed by atoms with Crippen molar-refractivity contribution in [3.8, 4) is 5.75 Å². The SMILES string of the molecule is COC(=O)C(N)CCOc1ccc(CCCCN(C(=N)N)C(=O)c2nc(Cl)c(N)nc2N)cc1.Cl.Cl. The number of aryl methyl sites for hydroxylation is 1. The highest BCUT2D eigenvalue weighted by atomic mass is 35.5. The molecule has 1 unspecified atom stereocenters. The molecule has 12 nitrogen and oxygen atoms in total. The van der Waals surface area contributed by atoms with E-state index in [0.29, 0.717) is 25.2 Å². The number of hydrogen-bond donors (Lipinski definition) is 5. The van der Waals surface area contributed by atoms with Crippen molar-refractivity contribution in [2.75, 3.05) is 31.7 Å². The molecule has 0 fully saturated rings. The van der Waals surface area contributed by atoms with Crippen LogP contribution in [-0.4, -0.2) is 59.0 Å². The summed E-state index contributed by atoms with van der Waals surface area (Å²) in [6, 6.07) is 6.80. The number of carbonyl (C=O) groups is 2. The van der Waals surface area contributed by atoms with Gasteiger partial charge in [-0.2, -0.15) is 0 Å². The van der Waals surface area contributed by atoms with Gasteiger partial charge in [-0.15, -0.1) is 24.8 Å². The Kier molecular flexibility index (Phi) is 14.5. The van der Waals surface area contributed by atoms with Crippen LogP contribution in [0.15, 0.2) is 24.3 Å². The van der Waals surface area contributed by atoms with Crippen molar-refractivity contribution in [1.29, 1.82) is 5.41 Å². The van der Waals surface area contributed by atoms with E-state index in [1.807, 2.05) is 24.3 Å². The van der Waals surface area contributed by atoms with Crippen LogP contribution in [0.25, 0.3) is 0 Å². The number of aromatic nitrogens is 2. The molecular formula is C21H31Cl3N8O4. The maximum absolute atomic E-state index is 12.7. The fraction of sp³-hybridized carbons (Fsp3) is 0.381. The molecule has 0 saturated heterocycles. The number of carbonyl (C=O) groups excluding carboxylic acids is 2. The monoisotopic (exact) mass is 564 g/mol. The summed E-state index contributed by atoms with van der Waals surface area (Å²) in [5, 5.41) is 7.57. The zero-order valence-corrected chi connectivity index (χ0v) is 22.0. The van der Waals surface area contributed by atoms with E-state index in [1.54, 1.807) is 0 Å². The van der Waals surface area contributed by atoms with Gasteiger partial charge in [0.05, 0.1) is 13.7 Å². The molecule has 1 aromatic heterocycles. The number of unbranched alkanes of at least 4 members (excludes halogenated alkanes) is 1. The molecule has 1 aromatic carbocycles. The zero-order chi connectivity index (χ0) is 25.3. The molecule has 15 heteroatoms. The number of hydrogen-bond acceptors (Lipinski definition) is 10. The first-order chi connectivity index (χ1) is 16.1. The van der Waals surface area contributed by atoms with Crippen molar-refractivity contribution < 1.29 is 19.1 Å². The number of nitrogens with one attached hydrogen (secondary N) is 1. The lowest BCUT2D eigenvalue weighted by molar-refractivity contribution is -0.142. The van der Waals surface area contributed by atoms with E-state index in [-0.39, 0.29) is 53.8 Å². The highest BCUT2D eigenvalue weighted by molar-refractivity contribution is 6.31. The number of nitrogens with zero attached hydrogens (tertiary/aromatic N) is 3. The van der Waals surface area contributed by atoms with E-state index in [9.17, 15) is 9.59 Å². The molecule has 0 saturated carbocycles. The van der Waals surface area contributed by atoms with Crippen LogP contribution >= 0.6 is 36.4 Å². The van der Waals surface area contributed by atoms with E-state index in [1.165, 1.54) is 7.11 Å². The number of anilines is 2. The number of benzene rings is 1. The van der Waals surface area contributed by atoms with Crippen LogP contribution in [0.2, 0.25) is 5.15 Å². The van der Waals surface area contributed by atoms with Crippen molar-refractivity contribution in [1.82, 2.24) is 14.9 Å². The van der Waals surface area contributed by atoms with Crippen LogP contribution in [-0.2, 0) is 16.0 Å². The first-order valence-electron chi connectivity index (χ1n) is 10.4. The molecule has 36 heavy (non-hydrogen) atoms. The van der Waals surface area contributed by atoms with Gasteiger partial charge in [-0.3, -0.25) is 19.9 Å². The largest absolute Gasteiger partial charge is 0.494 e. The Morgan fingerprint density at radius 1 is 1.11 bits per heavy atom. The quantitative estimate of drug-likeness (QED) is 0.115. The van der Waals surface area contributed by atoms with Crippen molar-refractivity contribution in [2.45, 2.75) is 31.7 Å². The summed E-state index contributed by atoms with van der Waals surface area (Å²) in [6.07, 6.45) is 2.39. The second-order valence-corrected chi connectivity index (χ2v) is 7.70. The molecule has 2 rings (SSSR count). The molecule has 1 amide bonds. The first kappa shape index (κ1) is 32.9. The van der Waals surface area contributed by atoms with E-state index < -0.39 is 23.9 Å². The third-order valence-corrected chi connectivity index (χ3v) is 5.14. The Balaban J connectivity index is 0.00000612. The number of guanidine groups is 1. The minimum atomic E-state index is -0.716. The lowest BCUT2D eigenvalue weighted by Crippen LogP contribution is -2.42. The molecule has 2 aromatic rings. The second-order valence-electron chi connectivity index (χ2n) is 7.34. The van der Waals surface area contributed by atoms with E-state index in [0.717, 1.165) is 23.3 Å². The smallest absolute Gasteiger partial charge is 0.322 e. The van der Waals surface area contributed by atoms with Crippen LogP contribution in [0.5, 0.6) is 5.75 Å². The Hall–Kier alpha value is -3.06. The van der Waals surface area contributed by atoms with E-state index >= 15 is 0 Å². The van der Waals surface area contributed by atoms with Gasteiger partial charge in [0, 0.05) is 13.0 Å². The highest BCUT2D eigenvalue weighted by Crippen LogP contribution is 2.19. The highest BCUT2D eigenvalue weighted by Gasteiger charge is 2.24. The Labute approximate surface area is 226 Å². The van der Waals surface area contributed by atoms with Gasteiger partial charge in [-0.05, 0) is 37.0 Å². The number of nitrogens with two attached hydrogens (primary N) is 4. The lowest BCUT2D eigenvalue weighted by atomic mass is 10.1. The molecule has 0 aliphatic carbocycles. The predicted molar refractivity (Wildman–Crippen MR) is 143 cm³/mol. The summed E-state index contributed by atoms with van der Waals surface area (Å²) in [4.78, 5) is 32.7. The molecule has 0 aliphatic heterocycles. The van der Waals surface area contributed by atoms with Crippen LogP contribution in [0.1, 0.15) is 35.3 Å². The third kappa shape index (κ3) is 9.53. The van der Waals surface area contributed by atoms with Gasteiger partial charge in [0.2, 0.25) is 0 Å². The number of esters is 1. The van der Waals surface area contributed by atoms with Gasteiger partial charge in [-0.25, -0.2) is 9.97 Å². The van der Waals surface area contributed by atoms with Gasteiger partial charge in [0.15, 0.2) is 28.4 Å². The van der Waals surface area contributed by atoms with E-state index in [4.69, 9.17) is 44.7 Å². The molecule has 0 radical (unpaired) electrons. The van der Waals surface area contributed by atoms with Gasteiger partial charge < -0.3 is 32.4 Å². The molecule has 1 atom stereocenters. The summed E-state index contributed by atoms with van der Waals surface area (Å²) >= 11 is 5.84. The number of rotatable bonds is 11. The van der Waals surface area contributed by atoms with Crippen molar-refractivity contribution >= 4 is 65.9 Å². The Morgan fingerprint density at radius 3 is 2.33 bits per heavy atom. The second kappa shape index (κ2) is 15.8.